The van der Waals surface area contributed by atoms with Gasteiger partial charge in [0.1, 0.15) is 11.8 Å². The Morgan fingerprint density at radius 3 is 2.10 bits per heavy atom. The summed E-state index contributed by atoms with van der Waals surface area (Å²) in [4.78, 5) is 38.7. The standard InChI is InChI=1S/C38H62N2O9/c1-5-7-9-13-16-23-37(48-26-27-49-37)24-17-14-11-10-12-15-18-32(38(45,29-46-4)36(43)44)34(41)40-33(35(42)39-3)28-30-19-21-31(22-20-30)47-25-8-6-2/h15,18-22,32-33,45H,5-14,16-17,23-29H2,1-4H3,(H,39,42)(H,40,41)(H,43,44)/b18-15+/t32-,33+,38+/m1/s1. The van der Waals surface area contributed by atoms with Crippen LogP contribution in [0.15, 0.2) is 36.4 Å². The minimum atomic E-state index is -2.54. The van der Waals surface area contributed by atoms with Gasteiger partial charge in [-0.2, -0.15) is 0 Å². The van der Waals surface area contributed by atoms with Crippen molar-refractivity contribution in [2.75, 3.05) is 40.6 Å². The van der Waals surface area contributed by atoms with Crippen LogP contribution in [0.4, 0.5) is 0 Å². The molecule has 1 aliphatic rings. The molecule has 3 atom stereocenters. The van der Waals surface area contributed by atoms with Crippen molar-refractivity contribution in [1.82, 2.24) is 10.6 Å². The van der Waals surface area contributed by atoms with Crippen molar-refractivity contribution in [3.63, 3.8) is 0 Å². The highest BCUT2D eigenvalue weighted by Gasteiger charge is 2.47. The topological polar surface area (TPSA) is 153 Å². The molecule has 1 aromatic rings. The number of carbonyl (C=O) groups is 3. The van der Waals surface area contributed by atoms with Gasteiger partial charge < -0.3 is 39.8 Å². The number of methoxy groups -OCH3 is 1. The van der Waals surface area contributed by atoms with Crippen molar-refractivity contribution < 1.29 is 43.5 Å². The fourth-order valence-electron chi connectivity index (χ4n) is 6.06. The number of carbonyl (C=O) groups excluding carboxylic acids is 2. The molecule has 1 heterocycles. The van der Waals surface area contributed by atoms with Gasteiger partial charge in [-0.05, 0) is 49.8 Å². The van der Waals surface area contributed by atoms with Gasteiger partial charge in [0.15, 0.2) is 11.4 Å². The van der Waals surface area contributed by atoms with Gasteiger partial charge in [0.05, 0.1) is 32.3 Å². The third-order valence-corrected chi connectivity index (χ3v) is 9.02. The first-order valence-electron chi connectivity index (χ1n) is 18.3. The van der Waals surface area contributed by atoms with Crippen molar-refractivity contribution in [2.45, 2.75) is 128 Å². The van der Waals surface area contributed by atoms with Crippen LogP contribution in [0.5, 0.6) is 5.75 Å². The van der Waals surface area contributed by atoms with E-state index in [1.807, 2.05) is 24.3 Å². The number of aliphatic carboxylic acids is 1. The summed E-state index contributed by atoms with van der Waals surface area (Å²) in [7, 11) is 2.72. The molecular weight excluding hydrogens is 628 g/mol. The normalized spacial score (nSPS) is 16.6. The van der Waals surface area contributed by atoms with Crippen LogP contribution in [0.1, 0.15) is 109 Å². The van der Waals surface area contributed by atoms with E-state index in [4.69, 9.17) is 18.9 Å². The molecule has 1 aromatic carbocycles. The minimum absolute atomic E-state index is 0.156. The summed E-state index contributed by atoms with van der Waals surface area (Å²) in [6.07, 6.45) is 17.4. The van der Waals surface area contributed by atoms with Crippen molar-refractivity contribution >= 4 is 17.8 Å². The van der Waals surface area contributed by atoms with Crippen LogP contribution in [0.25, 0.3) is 0 Å². The average molecular weight is 691 g/mol. The number of aliphatic hydroxyl groups is 1. The fraction of sp³-hybridized carbons (Fsp3) is 0.711. The molecule has 0 aliphatic carbocycles. The summed E-state index contributed by atoms with van der Waals surface area (Å²) in [6.45, 7) is 5.59. The summed E-state index contributed by atoms with van der Waals surface area (Å²) in [6, 6.07) is 6.26. The quantitative estimate of drug-likeness (QED) is 0.0671. The number of carboxylic acid groups (broad SMARTS) is 1. The van der Waals surface area contributed by atoms with Crippen LogP contribution in [0.3, 0.4) is 0 Å². The molecule has 1 saturated heterocycles. The number of amides is 2. The van der Waals surface area contributed by atoms with Crippen LogP contribution < -0.4 is 15.4 Å². The Balaban J connectivity index is 1.99. The summed E-state index contributed by atoms with van der Waals surface area (Å²) in [5.41, 5.74) is -1.76. The highest BCUT2D eigenvalue weighted by Crippen LogP contribution is 2.32. The second-order valence-corrected chi connectivity index (χ2v) is 13.0. The minimum Gasteiger partial charge on any atom is -0.494 e. The first-order valence-corrected chi connectivity index (χ1v) is 18.3. The summed E-state index contributed by atoms with van der Waals surface area (Å²) < 4.78 is 22.8. The summed E-state index contributed by atoms with van der Waals surface area (Å²) >= 11 is 0. The molecule has 2 amide bonds. The Labute approximate surface area is 293 Å². The average Bonchev–Trinajstić information content (AvgIpc) is 3.56. The van der Waals surface area contributed by atoms with E-state index < -0.39 is 47.7 Å². The SMILES string of the molecule is CCCCCCCC1(CCCCCC/C=C/[C@H](C(=O)N[C@@H](Cc2ccc(OCCCC)cc2)C(=O)NC)[C@@](O)(COC)C(=O)O)OCCO1. The summed E-state index contributed by atoms with van der Waals surface area (Å²) in [5.74, 6) is -4.07. The van der Waals surface area contributed by atoms with Crippen LogP contribution in [-0.4, -0.2) is 86.0 Å². The number of unbranched alkanes of at least 4 members (excludes halogenated alkanes) is 9. The zero-order valence-corrected chi connectivity index (χ0v) is 30.3. The molecular formula is C38H62N2O9. The number of hydrogen-bond donors (Lipinski definition) is 4. The van der Waals surface area contributed by atoms with Crippen LogP contribution in [-0.2, 0) is 35.0 Å². The lowest BCUT2D eigenvalue weighted by molar-refractivity contribution is -0.173. The van der Waals surface area contributed by atoms with Gasteiger partial charge in [-0.1, -0.05) is 83.1 Å². The molecule has 278 valence electrons. The van der Waals surface area contributed by atoms with Gasteiger partial charge in [0.25, 0.3) is 0 Å². The Hall–Kier alpha value is -2.99. The van der Waals surface area contributed by atoms with Crippen molar-refractivity contribution in [3.8, 4) is 5.75 Å². The molecule has 0 saturated carbocycles. The van der Waals surface area contributed by atoms with E-state index in [2.05, 4.69) is 24.5 Å². The third kappa shape index (κ3) is 14.8. The maximum Gasteiger partial charge on any atom is 0.339 e. The number of hydrogen-bond acceptors (Lipinski definition) is 8. The van der Waals surface area contributed by atoms with E-state index in [9.17, 15) is 24.6 Å². The molecule has 11 nitrogen and oxygen atoms in total. The molecule has 0 aromatic heterocycles. The first-order chi connectivity index (χ1) is 23.6. The summed E-state index contributed by atoms with van der Waals surface area (Å²) in [5, 5.41) is 26.4. The maximum absolute atomic E-state index is 13.6. The number of nitrogens with one attached hydrogen (secondary N) is 2. The number of ether oxygens (including phenoxy) is 4. The molecule has 0 bridgehead atoms. The van der Waals surface area contributed by atoms with Crippen LogP contribution >= 0.6 is 0 Å². The highest BCUT2D eigenvalue weighted by atomic mass is 16.7. The van der Waals surface area contributed by atoms with Gasteiger partial charge in [-0.15, -0.1) is 0 Å². The molecule has 2 rings (SSSR count). The zero-order chi connectivity index (χ0) is 36.0. The van der Waals surface area contributed by atoms with Gasteiger partial charge >= 0.3 is 5.97 Å². The van der Waals surface area contributed by atoms with Crippen molar-refractivity contribution in [1.29, 1.82) is 0 Å². The van der Waals surface area contributed by atoms with Crippen LogP contribution in [0.2, 0.25) is 0 Å². The second-order valence-electron chi connectivity index (χ2n) is 13.0. The van der Waals surface area contributed by atoms with E-state index in [0.717, 1.165) is 63.4 Å². The number of benzene rings is 1. The zero-order valence-electron chi connectivity index (χ0n) is 30.3. The molecule has 1 aliphatic heterocycles. The van der Waals surface area contributed by atoms with Gasteiger partial charge in [0.2, 0.25) is 11.8 Å². The van der Waals surface area contributed by atoms with Gasteiger partial charge in [0, 0.05) is 33.4 Å². The lowest BCUT2D eigenvalue weighted by Crippen LogP contribution is -2.57. The van der Waals surface area contributed by atoms with Crippen LogP contribution in [0, 0.1) is 5.92 Å². The second kappa shape index (κ2) is 23.4. The number of allylic oxidation sites excluding steroid dienone is 1. The number of rotatable bonds is 27. The first kappa shape index (κ1) is 42.2. The molecule has 4 N–H and O–H groups in total. The smallest absolute Gasteiger partial charge is 0.339 e. The predicted octanol–water partition coefficient (Wildman–Crippen LogP) is 5.72. The Bertz CT molecular complexity index is 1120. The Morgan fingerprint density at radius 2 is 1.53 bits per heavy atom. The van der Waals surface area contributed by atoms with E-state index in [-0.39, 0.29) is 6.42 Å². The number of likely N-dealkylation sites (N-methyl/N-ethyl adjacent to an activating group) is 1. The third-order valence-electron chi connectivity index (χ3n) is 9.02. The largest absolute Gasteiger partial charge is 0.494 e. The van der Waals surface area contributed by atoms with E-state index in [0.29, 0.717) is 32.0 Å². The molecule has 0 spiro atoms. The van der Waals surface area contributed by atoms with Crippen molar-refractivity contribution in [3.05, 3.63) is 42.0 Å². The molecule has 0 unspecified atom stereocenters. The number of carboxylic acids is 1. The lowest BCUT2D eigenvalue weighted by Gasteiger charge is -2.30. The predicted molar refractivity (Wildman–Crippen MR) is 189 cm³/mol. The van der Waals surface area contributed by atoms with E-state index in [1.165, 1.54) is 45.9 Å². The molecule has 1 fully saturated rings. The molecule has 11 heteroatoms. The van der Waals surface area contributed by atoms with E-state index >= 15 is 0 Å². The monoisotopic (exact) mass is 690 g/mol. The van der Waals surface area contributed by atoms with Gasteiger partial charge in [-0.3, -0.25) is 9.59 Å². The van der Waals surface area contributed by atoms with E-state index in [1.54, 1.807) is 6.08 Å². The fourth-order valence-corrected chi connectivity index (χ4v) is 6.06. The van der Waals surface area contributed by atoms with Crippen molar-refractivity contribution in [2.24, 2.45) is 5.92 Å². The molecule has 49 heavy (non-hydrogen) atoms. The lowest BCUT2D eigenvalue weighted by atomic mass is 9.86. The molecule has 0 radical (unpaired) electrons. The highest BCUT2D eigenvalue weighted by molar-refractivity contribution is 5.93. The van der Waals surface area contributed by atoms with Gasteiger partial charge in [-0.25, -0.2) is 4.79 Å². The Morgan fingerprint density at radius 1 is 0.918 bits per heavy atom. The maximum atomic E-state index is 13.6. The Kier molecular flexibility index (Phi) is 20.2.